The van der Waals surface area contributed by atoms with E-state index < -0.39 is 0 Å². The number of ether oxygens (including phenoxy) is 1. The molecule has 3 rings (SSSR count). The second kappa shape index (κ2) is 10.2. The summed E-state index contributed by atoms with van der Waals surface area (Å²) < 4.78 is 5.21. The molecule has 0 bridgehead atoms. The Morgan fingerprint density at radius 3 is 2.45 bits per heavy atom. The molecule has 0 radical (unpaired) electrons. The van der Waals surface area contributed by atoms with Crippen molar-refractivity contribution in [2.24, 2.45) is 5.92 Å². The number of carbonyl (C=O) groups is 2. The van der Waals surface area contributed by atoms with Gasteiger partial charge in [0.2, 0.25) is 11.8 Å². The highest BCUT2D eigenvalue weighted by molar-refractivity contribution is 5.85. The van der Waals surface area contributed by atoms with E-state index in [0.29, 0.717) is 19.4 Å². The molecule has 2 aromatic rings. The first-order valence-electron chi connectivity index (χ1n) is 9.51. The number of nitrogens with one attached hydrogen (secondary N) is 1. The van der Waals surface area contributed by atoms with E-state index in [9.17, 15) is 9.59 Å². The van der Waals surface area contributed by atoms with Gasteiger partial charge in [0.15, 0.2) is 0 Å². The van der Waals surface area contributed by atoms with E-state index in [1.54, 1.807) is 19.1 Å². The monoisotopic (exact) mass is 417 g/mol. The first-order chi connectivity index (χ1) is 13.5. The molecule has 2 aromatic carbocycles. The van der Waals surface area contributed by atoms with Crippen molar-refractivity contribution in [3.05, 3.63) is 59.7 Å². The molecule has 1 aliphatic heterocycles. The number of likely N-dealkylation sites (tertiary alicyclic amines) is 1. The molecule has 2 unspecified atom stereocenters. The zero-order valence-corrected chi connectivity index (χ0v) is 17.6. The molecule has 29 heavy (non-hydrogen) atoms. The molecule has 3 N–H and O–H groups in total. The van der Waals surface area contributed by atoms with E-state index in [0.717, 1.165) is 29.0 Å². The number of piperidine rings is 1. The van der Waals surface area contributed by atoms with Crippen LogP contribution in [0.3, 0.4) is 0 Å². The summed E-state index contributed by atoms with van der Waals surface area (Å²) in [5.74, 6) is 0.517. The molecule has 2 atom stereocenters. The Hall–Kier alpha value is -2.73. The number of anilines is 1. The second-order valence-electron chi connectivity index (χ2n) is 7.15. The number of hydrogen-bond donors (Lipinski definition) is 2. The third-order valence-corrected chi connectivity index (χ3v) is 5.35. The van der Waals surface area contributed by atoms with Crippen LogP contribution < -0.4 is 15.8 Å². The van der Waals surface area contributed by atoms with Gasteiger partial charge in [-0.15, -0.1) is 12.4 Å². The first kappa shape index (κ1) is 22.6. The van der Waals surface area contributed by atoms with Crippen molar-refractivity contribution < 1.29 is 14.3 Å². The van der Waals surface area contributed by atoms with Crippen LogP contribution in [0.15, 0.2) is 48.5 Å². The zero-order chi connectivity index (χ0) is 20.1. The molecule has 0 aliphatic carbocycles. The predicted octanol–water partition coefficient (Wildman–Crippen LogP) is 2.97. The number of benzene rings is 2. The number of nitrogens with two attached hydrogens (primary N) is 1. The van der Waals surface area contributed by atoms with Crippen LogP contribution in [0.5, 0.6) is 5.75 Å². The van der Waals surface area contributed by atoms with E-state index >= 15 is 0 Å². The van der Waals surface area contributed by atoms with Gasteiger partial charge in [-0.3, -0.25) is 9.59 Å². The summed E-state index contributed by atoms with van der Waals surface area (Å²) in [6.45, 7) is 0.548. The first-order valence-corrected chi connectivity index (χ1v) is 9.51. The Balaban J connectivity index is 0.00000300. The third-order valence-electron chi connectivity index (χ3n) is 5.35. The van der Waals surface area contributed by atoms with Crippen molar-refractivity contribution in [2.75, 3.05) is 26.4 Å². The van der Waals surface area contributed by atoms with Gasteiger partial charge < -0.3 is 20.7 Å². The average molecular weight is 418 g/mol. The van der Waals surface area contributed by atoms with Gasteiger partial charge in [-0.2, -0.15) is 0 Å². The molecular formula is C22H28ClN3O3. The highest BCUT2D eigenvalue weighted by Crippen LogP contribution is 2.36. The lowest BCUT2D eigenvalue weighted by atomic mass is 9.84. The second-order valence-corrected chi connectivity index (χ2v) is 7.15. The SMILES string of the molecule is COc1ccc(C2C(C(=O)NCCc3ccc(N)cc3)CCC(=O)N2C)cc1.Cl. The summed E-state index contributed by atoms with van der Waals surface area (Å²) in [6, 6.07) is 14.9. The quantitative estimate of drug-likeness (QED) is 0.707. The Bertz CT molecular complexity index is 824. The van der Waals surface area contributed by atoms with Gasteiger partial charge in [-0.1, -0.05) is 24.3 Å². The number of carbonyl (C=O) groups excluding carboxylic acids is 2. The Morgan fingerprint density at radius 1 is 1.17 bits per heavy atom. The van der Waals surface area contributed by atoms with Crippen LogP contribution in [0.25, 0.3) is 0 Å². The standard InChI is InChI=1S/C22H27N3O3.ClH/c1-25-20(26)12-11-19(21(25)16-5-9-18(28-2)10-6-16)22(27)24-14-13-15-3-7-17(23)8-4-15;/h3-10,19,21H,11-14,23H2,1-2H3,(H,24,27);1H. The molecule has 0 aromatic heterocycles. The molecule has 156 valence electrons. The van der Waals surface area contributed by atoms with E-state index in [4.69, 9.17) is 10.5 Å². The van der Waals surface area contributed by atoms with Gasteiger partial charge in [0.05, 0.1) is 19.1 Å². The minimum atomic E-state index is -0.275. The van der Waals surface area contributed by atoms with Crippen molar-refractivity contribution >= 4 is 29.9 Å². The zero-order valence-electron chi connectivity index (χ0n) is 16.8. The highest BCUT2D eigenvalue weighted by atomic mass is 35.5. The van der Waals surface area contributed by atoms with Gasteiger partial charge in [0.25, 0.3) is 0 Å². The van der Waals surface area contributed by atoms with Crippen molar-refractivity contribution in [1.29, 1.82) is 0 Å². The largest absolute Gasteiger partial charge is 0.497 e. The average Bonchev–Trinajstić information content (AvgIpc) is 2.71. The van der Waals surface area contributed by atoms with Crippen molar-refractivity contribution in [2.45, 2.75) is 25.3 Å². The molecular weight excluding hydrogens is 390 g/mol. The maximum Gasteiger partial charge on any atom is 0.225 e. The summed E-state index contributed by atoms with van der Waals surface area (Å²) in [7, 11) is 3.38. The molecule has 1 fully saturated rings. The van der Waals surface area contributed by atoms with Gasteiger partial charge >= 0.3 is 0 Å². The number of amides is 2. The van der Waals surface area contributed by atoms with Gasteiger partial charge in [0.1, 0.15) is 5.75 Å². The van der Waals surface area contributed by atoms with Gasteiger partial charge in [0, 0.05) is 25.7 Å². The van der Waals surface area contributed by atoms with Crippen LogP contribution in [0, 0.1) is 5.92 Å². The van der Waals surface area contributed by atoms with E-state index in [1.165, 1.54) is 0 Å². The van der Waals surface area contributed by atoms with Crippen molar-refractivity contribution in [3.8, 4) is 5.75 Å². The Morgan fingerprint density at radius 2 is 1.83 bits per heavy atom. The lowest BCUT2D eigenvalue weighted by molar-refractivity contribution is -0.141. The maximum atomic E-state index is 12.9. The van der Waals surface area contributed by atoms with E-state index in [-0.39, 0.29) is 36.2 Å². The number of methoxy groups -OCH3 is 1. The highest BCUT2D eigenvalue weighted by Gasteiger charge is 2.38. The van der Waals surface area contributed by atoms with Gasteiger partial charge in [-0.25, -0.2) is 0 Å². The van der Waals surface area contributed by atoms with Crippen molar-refractivity contribution in [1.82, 2.24) is 10.2 Å². The number of nitrogen functional groups attached to an aromatic ring is 1. The molecule has 1 saturated heterocycles. The molecule has 2 amide bonds. The summed E-state index contributed by atoms with van der Waals surface area (Å²) >= 11 is 0. The smallest absolute Gasteiger partial charge is 0.225 e. The number of halogens is 1. The normalized spacial score (nSPS) is 18.7. The number of hydrogen-bond acceptors (Lipinski definition) is 4. The summed E-state index contributed by atoms with van der Waals surface area (Å²) in [5, 5.41) is 3.04. The Labute approximate surface area is 177 Å². The van der Waals surface area contributed by atoms with Crippen LogP contribution in [0.1, 0.15) is 30.0 Å². The number of nitrogens with zero attached hydrogens (tertiary/aromatic N) is 1. The fourth-order valence-electron chi connectivity index (χ4n) is 3.72. The summed E-state index contributed by atoms with van der Waals surface area (Å²) in [5.41, 5.74) is 8.49. The minimum absolute atomic E-state index is 0. The molecule has 7 heteroatoms. The molecule has 0 saturated carbocycles. The lowest BCUT2D eigenvalue weighted by Crippen LogP contribution is -2.46. The van der Waals surface area contributed by atoms with Crippen LogP contribution in [0.4, 0.5) is 5.69 Å². The topological polar surface area (TPSA) is 84.7 Å². The summed E-state index contributed by atoms with van der Waals surface area (Å²) in [4.78, 5) is 26.9. The predicted molar refractivity (Wildman–Crippen MR) is 116 cm³/mol. The fourth-order valence-corrected chi connectivity index (χ4v) is 3.72. The molecule has 6 nitrogen and oxygen atoms in total. The lowest BCUT2D eigenvalue weighted by Gasteiger charge is -2.38. The molecule has 1 heterocycles. The van der Waals surface area contributed by atoms with E-state index in [2.05, 4.69) is 5.32 Å². The van der Waals surface area contributed by atoms with Crippen LogP contribution in [-0.4, -0.2) is 37.4 Å². The number of rotatable bonds is 6. The van der Waals surface area contributed by atoms with Crippen molar-refractivity contribution in [3.63, 3.8) is 0 Å². The summed E-state index contributed by atoms with van der Waals surface area (Å²) in [6.07, 6.45) is 1.67. The molecule has 1 aliphatic rings. The third kappa shape index (κ3) is 5.41. The Kier molecular flexibility index (Phi) is 7.91. The van der Waals surface area contributed by atoms with Crippen LogP contribution in [0.2, 0.25) is 0 Å². The van der Waals surface area contributed by atoms with Crippen LogP contribution in [-0.2, 0) is 16.0 Å². The van der Waals surface area contributed by atoms with E-state index in [1.807, 2.05) is 48.5 Å². The minimum Gasteiger partial charge on any atom is -0.497 e. The fraction of sp³-hybridized carbons (Fsp3) is 0.364. The maximum absolute atomic E-state index is 12.9. The van der Waals surface area contributed by atoms with Gasteiger partial charge in [-0.05, 0) is 48.2 Å². The molecule has 0 spiro atoms. The van der Waals surface area contributed by atoms with Crippen LogP contribution >= 0.6 is 12.4 Å².